The molecule has 3 aromatic rings. The molecular weight excluding hydrogens is 398 g/mol. The second-order valence-corrected chi connectivity index (χ2v) is 7.17. The number of amides is 1. The fraction of sp³-hybridized carbons (Fsp3) is 0.318. The minimum atomic E-state index is -0.420. The molecule has 0 saturated heterocycles. The van der Waals surface area contributed by atoms with Gasteiger partial charge in [-0.2, -0.15) is 0 Å². The molecule has 9 heteroatoms. The first-order valence-electron chi connectivity index (χ1n) is 10.0. The van der Waals surface area contributed by atoms with Crippen LogP contribution in [-0.2, 0) is 6.54 Å². The maximum absolute atomic E-state index is 13.1. The summed E-state index contributed by atoms with van der Waals surface area (Å²) in [7, 11) is 3.05. The van der Waals surface area contributed by atoms with Gasteiger partial charge in [0, 0.05) is 24.9 Å². The van der Waals surface area contributed by atoms with E-state index in [-0.39, 0.29) is 11.5 Å². The molecule has 0 bridgehead atoms. The van der Waals surface area contributed by atoms with Crippen LogP contribution in [0, 0.1) is 0 Å². The lowest BCUT2D eigenvalue weighted by molar-refractivity contribution is 0.0929. The summed E-state index contributed by atoms with van der Waals surface area (Å²) in [5, 5.41) is 3.03. The number of aromatic nitrogens is 4. The van der Waals surface area contributed by atoms with Gasteiger partial charge in [0.05, 0.1) is 37.2 Å². The van der Waals surface area contributed by atoms with Crippen molar-refractivity contribution in [1.82, 2.24) is 24.8 Å². The molecule has 1 unspecified atom stereocenters. The monoisotopic (exact) mass is 421 g/mol. The molecule has 9 nitrogen and oxygen atoms in total. The van der Waals surface area contributed by atoms with Gasteiger partial charge in [-0.1, -0.05) is 0 Å². The zero-order chi connectivity index (χ0) is 21.8. The van der Waals surface area contributed by atoms with Crippen LogP contribution in [0.1, 0.15) is 41.5 Å². The Morgan fingerprint density at radius 1 is 1.13 bits per heavy atom. The molecule has 31 heavy (non-hydrogen) atoms. The fourth-order valence-electron chi connectivity index (χ4n) is 3.69. The van der Waals surface area contributed by atoms with Crippen molar-refractivity contribution >= 4 is 5.91 Å². The Morgan fingerprint density at radius 3 is 2.74 bits per heavy atom. The number of hydrogen-bond donors (Lipinski definition) is 1. The van der Waals surface area contributed by atoms with Crippen LogP contribution in [0.25, 0.3) is 11.4 Å². The van der Waals surface area contributed by atoms with Crippen LogP contribution >= 0.6 is 0 Å². The Bertz CT molecular complexity index is 1150. The molecular formula is C22H23N5O4. The van der Waals surface area contributed by atoms with E-state index < -0.39 is 6.04 Å². The van der Waals surface area contributed by atoms with E-state index in [2.05, 4.69) is 15.3 Å². The number of nitrogens with zero attached hydrogens (tertiary/aromatic N) is 4. The summed E-state index contributed by atoms with van der Waals surface area (Å²) in [6.45, 7) is 0.559. The molecule has 1 aliphatic rings. The molecule has 0 fully saturated rings. The van der Waals surface area contributed by atoms with Gasteiger partial charge in [-0.3, -0.25) is 14.2 Å². The quantitative estimate of drug-likeness (QED) is 0.674. The number of carbonyl (C=O) groups excluding carboxylic acids is 1. The summed E-state index contributed by atoms with van der Waals surface area (Å²) in [6.07, 6.45) is 5.37. The third-order valence-corrected chi connectivity index (χ3v) is 5.28. The highest BCUT2D eigenvalue weighted by Crippen LogP contribution is 2.27. The minimum Gasteiger partial charge on any atom is -0.497 e. The SMILES string of the molecule is COc1ccc(C(=O)NC2CCCCn3c2nc(-c2ccncn2)cc3=O)c(OC)c1. The minimum absolute atomic E-state index is 0.165. The summed E-state index contributed by atoms with van der Waals surface area (Å²) in [4.78, 5) is 38.7. The van der Waals surface area contributed by atoms with Gasteiger partial charge in [-0.05, 0) is 37.5 Å². The van der Waals surface area contributed by atoms with E-state index in [1.807, 2.05) is 0 Å². The Morgan fingerprint density at radius 2 is 2.00 bits per heavy atom. The third kappa shape index (κ3) is 4.25. The molecule has 0 spiro atoms. The zero-order valence-corrected chi connectivity index (χ0v) is 17.4. The van der Waals surface area contributed by atoms with Gasteiger partial charge in [-0.15, -0.1) is 0 Å². The first-order valence-corrected chi connectivity index (χ1v) is 10.0. The number of rotatable bonds is 5. The molecule has 1 atom stereocenters. The van der Waals surface area contributed by atoms with Crippen LogP contribution in [0.3, 0.4) is 0 Å². The molecule has 1 aromatic carbocycles. The lowest BCUT2D eigenvalue weighted by Crippen LogP contribution is -2.34. The maximum Gasteiger partial charge on any atom is 0.255 e. The highest BCUT2D eigenvalue weighted by atomic mass is 16.5. The molecule has 0 saturated carbocycles. The molecule has 4 rings (SSSR count). The number of benzene rings is 1. The average molecular weight is 421 g/mol. The van der Waals surface area contributed by atoms with E-state index in [4.69, 9.17) is 14.5 Å². The second-order valence-electron chi connectivity index (χ2n) is 7.17. The first-order chi connectivity index (χ1) is 15.1. The largest absolute Gasteiger partial charge is 0.497 e. The highest BCUT2D eigenvalue weighted by molar-refractivity contribution is 5.97. The topological polar surface area (TPSA) is 108 Å². The normalized spacial score (nSPS) is 15.5. The van der Waals surface area contributed by atoms with Crippen LogP contribution in [0.5, 0.6) is 11.5 Å². The van der Waals surface area contributed by atoms with E-state index in [0.29, 0.717) is 47.2 Å². The molecule has 1 N–H and O–H groups in total. The predicted molar refractivity (Wildman–Crippen MR) is 113 cm³/mol. The predicted octanol–water partition coefficient (Wildman–Crippen LogP) is 2.37. The molecule has 1 aliphatic heterocycles. The fourth-order valence-corrected chi connectivity index (χ4v) is 3.69. The summed E-state index contributed by atoms with van der Waals surface area (Å²) in [6, 6.07) is 7.77. The van der Waals surface area contributed by atoms with Crippen molar-refractivity contribution in [3.8, 4) is 22.9 Å². The van der Waals surface area contributed by atoms with E-state index in [9.17, 15) is 9.59 Å². The number of carbonyl (C=O) groups is 1. The number of ether oxygens (including phenoxy) is 2. The van der Waals surface area contributed by atoms with E-state index in [1.165, 1.54) is 19.5 Å². The van der Waals surface area contributed by atoms with Crippen LogP contribution in [0.2, 0.25) is 0 Å². The lowest BCUT2D eigenvalue weighted by Gasteiger charge is -2.20. The van der Waals surface area contributed by atoms with Gasteiger partial charge in [0.25, 0.3) is 11.5 Å². The standard InChI is InChI=1S/C22H23N5O4/c1-30-14-6-7-15(19(11-14)31-2)22(29)26-17-5-3-4-10-27-20(28)12-18(25-21(17)27)16-8-9-23-13-24-16/h6-9,11-13,17H,3-5,10H2,1-2H3,(H,26,29). The molecule has 0 aliphatic carbocycles. The first kappa shape index (κ1) is 20.5. The molecule has 0 radical (unpaired) electrons. The molecule has 160 valence electrons. The molecule has 1 amide bonds. The van der Waals surface area contributed by atoms with Crippen LogP contribution < -0.4 is 20.3 Å². The third-order valence-electron chi connectivity index (χ3n) is 5.28. The van der Waals surface area contributed by atoms with Gasteiger partial charge in [0.1, 0.15) is 23.7 Å². The average Bonchev–Trinajstić information content (AvgIpc) is 3.01. The van der Waals surface area contributed by atoms with Crippen molar-refractivity contribution in [3.63, 3.8) is 0 Å². The Kier molecular flexibility index (Phi) is 5.92. The van der Waals surface area contributed by atoms with E-state index >= 15 is 0 Å². The molecule has 3 heterocycles. The van der Waals surface area contributed by atoms with Crippen LogP contribution in [-0.4, -0.2) is 39.6 Å². The van der Waals surface area contributed by atoms with Crippen molar-refractivity contribution in [2.24, 2.45) is 0 Å². The maximum atomic E-state index is 13.1. The lowest BCUT2D eigenvalue weighted by atomic mass is 10.1. The number of methoxy groups -OCH3 is 2. The number of hydrogen-bond acceptors (Lipinski definition) is 7. The summed E-state index contributed by atoms with van der Waals surface area (Å²) >= 11 is 0. The summed E-state index contributed by atoms with van der Waals surface area (Å²) in [5.74, 6) is 1.22. The Labute approximate surface area is 179 Å². The van der Waals surface area contributed by atoms with E-state index in [1.54, 1.807) is 42.1 Å². The van der Waals surface area contributed by atoms with Gasteiger partial charge >= 0.3 is 0 Å². The van der Waals surface area contributed by atoms with E-state index in [0.717, 1.165) is 12.8 Å². The van der Waals surface area contributed by atoms with Crippen molar-refractivity contribution in [2.45, 2.75) is 31.8 Å². The van der Waals surface area contributed by atoms with Crippen molar-refractivity contribution in [2.75, 3.05) is 14.2 Å². The van der Waals surface area contributed by atoms with Gasteiger partial charge in [-0.25, -0.2) is 15.0 Å². The van der Waals surface area contributed by atoms with Gasteiger partial charge in [0.15, 0.2) is 0 Å². The van der Waals surface area contributed by atoms with Crippen molar-refractivity contribution < 1.29 is 14.3 Å². The van der Waals surface area contributed by atoms with Crippen LogP contribution in [0.4, 0.5) is 0 Å². The number of nitrogens with one attached hydrogen (secondary N) is 1. The van der Waals surface area contributed by atoms with Crippen molar-refractivity contribution in [1.29, 1.82) is 0 Å². The smallest absolute Gasteiger partial charge is 0.255 e. The second kappa shape index (κ2) is 8.95. The molecule has 2 aromatic heterocycles. The Balaban J connectivity index is 1.70. The van der Waals surface area contributed by atoms with Gasteiger partial charge < -0.3 is 14.8 Å². The summed E-state index contributed by atoms with van der Waals surface area (Å²) < 4.78 is 12.2. The zero-order valence-electron chi connectivity index (χ0n) is 17.4. The van der Waals surface area contributed by atoms with Crippen LogP contribution in [0.15, 0.2) is 47.7 Å². The Hall–Kier alpha value is -3.75. The van der Waals surface area contributed by atoms with Gasteiger partial charge in [0.2, 0.25) is 0 Å². The van der Waals surface area contributed by atoms with Crippen molar-refractivity contribution in [3.05, 3.63) is 64.6 Å². The number of fused-ring (bicyclic) bond motifs is 1. The summed E-state index contributed by atoms with van der Waals surface area (Å²) in [5.41, 5.74) is 1.23. The highest BCUT2D eigenvalue weighted by Gasteiger charge is 2.25.